The lowest BCUT2D eigenvalue weighted by Gasteiger charge is -2.25. The molecule has 1 aliphatic rings. The molecule has 1 aliphatic heterocycles. The summed E-state index contributed by atoms with van der Waals surface area (Å²) in [6, 6.07) is 9.96. The number of piperidine rings is 1. The van der Waals surface area contributed by atoms with Gasteiger partial charge in [0.2, 0.25) is 5.95 Å². The maximum absolute atomic E-state index is 13.7. The third-order valence-corrected chi connectivity index (χ3v) is 4.77. The van der Waals surface area contributed by atoms with Gasteiger partial charge in [0.05, 0.1) is 13.1 Å². The molecule has 3 aromatic rings. The van der Waals surface area contributed by atoms with Crippen LogP contribution in [0.5, 0.6) is 0 Å². The van der Waals surface area contributed by atoms with E-state index in [0.717, 1.165) is 18.8 Å². The predicted octanol–water partition coefficient (Wildman–Crippen LogP) is 3.30. The fourth-order valence-electron chi connectivity index (χ4n) is 3.32. The number of carbonyl (C=O) groups is 1. The summed E-state index contributed by atoms with van der Waals surface area (Å²) in [6.45, 7) is 3.07. The Kier molecular flexibility index (Phi) is 5.48. The Hall–Kier alpha value is -3.00. The smallest absolute Gasteiger partial charge is 0.293 e. The van der Waals surface area contributed by atoms with Crippen molar-refractivity contribution in [3.8, 4) is 0 Å². The Morgan fingerprint density at radius 3 is 2.75 bits per heavy atom. The summed E-state index contributed by atoms with van der Waals surface area (Å²) in [4.78, 5) is 18.8. The van der Waals surface area contributed by atoms with Gasteiger partial charge in [0.1, 0.15) is 17.9 Å². The summed E-state index contributed by atoms with van der Waals surface area (Å²) in [5.41, 5.74) is 0.499. The number of benzene rings is 1. The number of anilines is 1. The fraction of sp³-hybridized carbons (Fsp3) is 0.350. The molecule has 0 aliphatic carbocycles. The number of amides is 1. The molecular weight excluding hydrogens is 361 g/mol. The lowest BCUT2D eigenvalue weighted by Crippen LogP contribution is -2.28. The Balaban J connectivity index is 1.35. The zero-order chi connectivity index (χ0) is 19.3. The van der Waals surface area contributed by atoms with Crippen LogP contribution in [0.25, 0.3) is 0 Å². The highest BCUT2D eigenvalue weighted by Gasteiger charge is 2.16. The second-order valence-corrected chi connectivity index (χ2v) is 6.91. The van der Waals surface area contributed by atoms with Crippen molar-refractivity contribution >= 4 is 11.9 Å². The number of aromatic nitrogens is 3. The van der Waals surface area contributed by atoms with Gasteiger partial charge in [-0.15, -0.1) is 5.10 Å². The van der Waals surface area contributed by atoms with E-state index < -0.39 is 5.91 Å². The summed E-state index contributed by atoms with van der Waals surface area (Å²) in [5.74, 6) is 0.423. The lowest BCUT2D eigenvalue weighted by atomic mass is 10.1. The van der Waals surface area contributed by atoms with Crippen LogP contribution in [0.15, 0.2) is 47.1 Å². The molecule has 1 saturated heterocycles. The molecule has 0 bridgehead atoms. The summed E-state index contributed by atoms with van der Waals surface area (Å²) in [5, 5.41) is 6.78. The van der Waals surface area contributed by atoms with E-state index in [1.165, 1.54) is 36.3 Å². The maximum atomic E-state index is 13.7. The van der Waals surface area contributed by atoms with Crippen LogP contribution in [0.3, 0.4) is 0 Å². The second kappa shape index (κ2) is 8.35. The normalized spacial score (nSPS) is 14.9. The largest absolute Gasteiger partial charge is 0.455 e. The van der Waals surface area contributed by atoms with Crippen LogP contribution in [0.1, 0.15) is 41.1 Å². The summed E-state index contributed by atoms with van der Waals surface area (Å²) in [6.07, 6.45) is 5.13. The van der Waals surface area contributed by atoms with Gasteiger partial charge >= 0.3 is 0 Å². The highest BCUT2D eigenvalue weighted by molar-refractivity contribution is 6.01. The van der Waals surface area contributed by atoms with E-state index in [4.69, 9.17) is 4.42 Å². The number of halogens is 1. The van der Waals surface area contributed by atoms with Gasteiger partial charge in [0, 0.05) is 5.56 Å². The van der Waals surface area contributed by atoms with E-state index in [2.05, 4.69) is 20.3 Å². The van der Waals surface area contributed by atoms with Crippen molar-refractivity contribution in [1.29, 1.82) is 0 Å². The van der Waals surface area contributed by atoms with Crippen molar-refractivity contribution in [3.63, 3.8) is 0 Å². The molecule has 0 radical (unpaired) electrons. The van der Waals surface area contributed by atoms with Crippen LogP contribution in [0.2, 0.25) is 0 Å². The zero-order valence-electron chi connectivity index (χ0n) is 15.5. The highest BCUT2D eigenvalue weighted by atomic mass is 19.1. The van der Waals surface area contributed by atoms with Gasteiger partial charge in [-0.1, -0.05) is 24.6 Å². The molecule has 146 valence electrons. The van der Waals surface area contributed by atoms with Crippen molar-refractivity contribution in [3.05, 3.63) is 65.6 Å². The number of hydrogen-bond acceptors (Lipinski definition) is 5. The SMILES string of the molecule is O=C(Nc1ncn(Cc2ccccc2F)n1)c1ccc(CN2CCCCC2)o1. The van der Waals surface area contributed by atoms with Gasteiger partial charge in [0.15, 0.2) is 5.76 Å². The topological polar surface area (TPSA) is 76.2 Å². The minimum absolute atomic E-state index is 0.148. The third-order valence-electron chi connectivity index (χ3n) is 4.77. The lowest BCUT2D eigenvalue weighted by molar-refractivity contribution is 0.0991. The van der Waals surface area contributed by atoms with Crippen molar-refractivity contribution in [2.24, 2.45) is 0 Å². The molecular formula is C20H22FN5O2. The van der Waals surface area contributed by atoms with E-state index in [-0.39, 0.29) is 24.1 Å². The monoisotopic (exact) mass is 383 g/mol. The van der Waals surface area contributed by atoms with Crippen molar-refractivity contribution in [2.45, 2.75) is 32.4 Å². The molecule has 1 amide bonds. The second-order valence-electron chi connectivity index (χ2n) is 6.91. The maximum Gasteiger partial charge on any atom is 0.293 e. The number of nitrogens with one attached hydrogen (secondary N) is 1. The molecule has 1 N–H and O–H groups in total. The van der Waals surface area contributed by atoms with Crippen LogP contribution in [-0.4, -0.2) is 38.7 Å². The quantitative estimate of drug-likeness (QED) is 0.707. The minimum Gasteiger partial charge on any atom is -0.455 e. The molecule has 1 fully saturated rings. The first-order valence-corrected chi connectivity index (χ1v) is 9.43. The number of rotatable bonds is 6. The van der Waals surface area contributed by atoms with E-state index >= 15 is 0 Å². The van der Waals surface area contributed by atoms with Gasteiger partial charge in [-0.2, -0.15) is 0 Å². The van der Waals surface area contributed by atoms with Crippen LogP contribution in [-0.2, 0) is 13.1 Å². The number of hydrogen-bond donors (Lipinski definition) is 1. The molecule has 3 heterocycles. The molecule has 4 rings (SSSR count). The van der Waals surface area contributed by atoms with Crippen molar-refractivity contribution < 1.29 is 13.6 Å². The van der Waals surface area contributed by atoms with E-state index in [1.807, 2.05) is 6.07 Å². The number of likely N-dealkylation sites (tertiary alicyclic amines) is 1. The van der Waals surface area contributed by atoms with Crippen molar-refractivity contribution in [1.82, 2.24) is 19.7 Å². The zero-order valence-corrected chi connectivity index (χ0v) is 15.5. The van der Waals surface area contributed by atoms with Crippen molar-refractivity contribution in [2.75, 3.05) is 18.4 Å². The molecule has 28 heavy (non-hydrogen) atoms. The Labute approximate surface area is 162 Å². The molecule has 7 nitrogen and oxygen atoms in total. The van der Waals surface area contributed by atoms with Gasteiger partial charge in [0.25, 0.3) is 5.91 Å². The van der Waals surface area contributed by atoms with E-state index in [1.54, 1.807) is 24.3 Å². The van der Waals surface area contributed by atoms with Crippen LogP contribution in [0, 0.1) is 5.82 Å². The fourth-order valence-corrected chi connectivity index (χ4v) is 3.32. The summed E-state index contributed by atoms with van der Waals surface area (Å²) in [7, 11) is 0. The first-order chi connectivity index (χ1) is 13.7. The molecule has 8 heteroatoms. The standard InChI is InChI=1S/C20H22FN5O2/c21-17-7-3-2-6-15(17)12-26-14-22-20(24-26)23-19(27)18-9-8-16(28-18)13-25-10-4-1-5-11-25/h2-3,6-9,14H,1,4-5,10-13H2,(H,23,24,27). The summed E-state index contributed by atoms with van der Waals surface area (Å²) < 4.78 is 20.9. The first-order valence-electron chi connectivity index (χ1n) is 9.43. The molecule has 2 aromatic heterocycles. The molecule has 1 aromatic carbocycles. The predicted molar refractivity (Wildman–Crippen MR) is 101 cm³/mol. The van der Waals surface area contributed by atoms with E-state index in [9.17, 15) is 9.18 Å². The molecule has 0 saturated carbocycles. The van der Waals surface area contributed by atoms with Gasteiger partial charge in [-0.25, -0.2) is 14.1 Å². The Bertz CT molecular complexity index is 945. The molecule has 0 atom stereocenters. The first kappa shape index (κ1) is 18.4. The number of carbonyl (C=O) groups excluding carboxylic acids is 1. The van der Waals surface area contributed by atoms with Gasteiger partial charge in [-0.3, -0.25) is 15.0 Å². The molecule has 0 spiro atoms. The minimum atomic E-state index is -0.409. The van der Waals surface area contributed by atoms with Crippen LogP contribution < -0.4 is 5.32 Å². The summed E-state index contributed by atoms with van der Waals surface area (Å²) >= 11 is 0. The third kappa shape index (κ3) is 4.45. The van der Waals surface area contributed by atoms with E-state index in [0.29, 0.717) is 12.1 Å². The highest BCUT2D eigenvalue weighted by Crippen LogP contribution is 2.16. The number of furan rings is 1. The Morgan fingerprint density at radius 2 is 1.93 bits per heavy atom. The number of nitrogens with zero attached hydrogens (tertiary/aromatic N) is 4. The average molecular weight is 383 g/mol. The van der Waals surface area contributed by atoms with Gasteiger partial charge in [-0.05, 0) is 44.1 Å². The average Bonchev–Trinajstić information content (AvgIpc) is 3.34. The van der Waals surface area contributed by atoms with Crippen LogP contribution >= 0.6 is 0 Å². The Morgan fingerprint density at radius 1 is 1.11 bits per heavy atom. The van der Waals surface area contributed by atoms with Gasteiger partial charge < -0.3 is 4.42 Å². The molecule has 0 unspecified atom stereocenters. The van der Waals surface area contributed by atoms with Crippen LogP contribution in [0.4, 0.5) is 10.3 Å².